The predicted molar refractivity (Wildman–Crippen MR) is 110 cm³/mol. The van der Waals surface area contributed by atoms with Gasteiger partial charge in [-0.1, -0.05) is 41.9 Å². The molecule has 0 unspecified atom stereocenters. The highest BCUT2D eigenvalue weighted by atomic mass is 35.5. The first-order chi connectivity index (χ1) is 13.8. The van der Waals surface area contributed by atoms with Gasteiger partial charge in [-0.2, -0.15) is 0 Å². The minimum Gasteiger partial charge on any atom is -0.280 e. The summed E-state index contributed by atoms with van der Waals surface area (Å²) in [6.07, 6.45) is 0. The summed E-state index contributed by atoms with van der Waals surface area (Å²) < 4.78 is 42.5. The third-order valence-corrected chi connectivity index (χ3v) is 6.07. The molecule has 0 aliphatic carbocycles. The number of nitrogens with one attached hydrogen (secondary N) is 2. The second-order valence-electron chi connectivity index (χ2n) is 6.43. The van der Waals surface area contributed by atoms with Crippen LogP contribution in [0.4, 0.5) is 10.1 Å². The monoisotopic (exact) mass is 431 g/mol. The van der Waals surface area contributed by atoms with Gasteiger partial charge in [-0.3, -0.25) is 19.3 Å². The summed E-state index contributed by atoms with van der Waals surface area (Å²) in [5.74, 6) is -0.710. The van der Waals surface area contributed by atoms with Crippen LogP contribution in [0.5, 0.6) is 0 Å². The van der Waals surface area contributed by atoms with Crippen LogP contribution in [0.15, 0.2) is 76.4 Å². The molecule has 2 N–H and O–H groups in total. The quantitative estimate of drug-likeness (QED) is 0.501. The summed E-state index contributed by atoms with van der Waals surface area (Å²) in [5, 5.41) is 2.81. The summed E-state index contributed by atoms with van der Waals surface area (Å²) in [7, 11) is -4.00. The van der Waals surface area contributed by atoms with Crippen LogP contribution in [0.25, 0.3) is 10.9 Å². The first-order valence-electron chi connectivity index (χ1n) is 8.58. The van der Waals surface area contributed by atoms with E-state index in [1.54, 1.807) is 16.8 Å². The van der Waals surface area contributed by atoms with Crippen LogP contribution in [0, 0.1) is 5.82 Å². The fourth-order valence-electron chi connectivity index (χ4n) is 3.01. The molecule has 0 bridgehead atoms. The Morgan fingerprint density at radius 2 is 1.79 bits per heavy atom. The third-order valence-electron chi connectivity index (χ3n) is 4.41. The molecule has 1 heterocycles. The third kappa shape index (κ3) is 3.90. The highest BCUT2D eigenvalue weighted by Crippen LogP contribution is 2.23. The summed E-state index contributed by atoms with van der Waals surface area (Å²) in [6, 6.07) is 17.4. The lowest BCUT2D eigenvalue weighted by Gasteiger charge is -2.09. The van der Waals surface area contributed by atoms with Crippen molar-refractivity contribution in [3.63, 3.8) is 0 Å². The smallest absolute Gasteiger partial charge is 0.272 e. The molecule has 0 aliphatic heterocycles. The number of aromatic nitrogens is 2. The Morgan fingerprint density at radius 3 is 2.52 bits per heavy atom. The Labute approximate surface area is 170 Å². The molecule has 148 valence electrons. The molecule has 0 saturated carbocycles. The van der Waals surface area contributed by atoms with Gasteiger partial charge in [-0.25, -0.2) is 12.8 Å². The molecule has 4 aromatic rings. The fraction of sp³-hybridized carbons (Fsp3) is 0.0500. The van der Waals surface area contributed by atoms with E-state index in [2.05, 4.69) is 9.82 Å². The van der Waals surface area contributed by atoms with Crippen LogP contribution < -0.4 is 10.3 Å². The minimum atomic E-state index is -4.00. The van der Waals surface area contributed by atoms with Gasteiger partial charge < -0.3 is 0 Å². The van der Waals surface area contributed by atoms with Gasteiger partial charge in [0.2, 0.25) is 0 Å². The number of hydrogen-bond donors (Lipinski definition) is 2. The number of aromatic amines is 1. The van der Waals surface area contributed by atoms with Gasteiger partial charge in [0.25, 0.3) is 15.6 Å². The first kappa shape index (κ1) is 19.2. The Morgan fingerprint density at radius 1 is 1.03 bits per heavy atom. The molecule has 3 aromatic carbocycles. The van der Waals surface area contributed by atoms with Crippen molar-refractivity contribution in [3.8, 4) is 0 Å². The van der Waals surface area contributed by atoms with Crippen LogP contribution in [-0.4, -0.2) is 18.2 Å². The van der Waals surface area contributed by atoms with Gasteiger partial charge in [0.15, 0.2) is 0 Å². The van der Waals surface area contributed by atoms with Gasteiger partial charge in [0.1, 0.15) is 5.82 Å². The maximum atomic E-state index is 13.3. The van der Waals surface area contributed by atoms with E-state index in [-0.39, 0.29) is 21.2 Å². The number of halogens is 2. The van der Waals surface area contributed by atoms with Crippen LogP contribution in [0.2, 0.25) is 5.02 Å². The minimum absolute atomic E-state index is 0.181. The van der Waals surface area contributed by atoms with Crippen LogP contribution >= 0.6 is 11.6 Å². The standard InChI is InChI=1S/C20H15ClFN3O3S/c21-17-11-15(7-8-18(17)22)29(27,28)24-14-6-9-19-16(10-14)20(26)23-25(19)12-13-4-2-1-3-5-13/h1-11,24H,12H2,(H,23,26). The Hall–Kier alpha value is -3.10. The highest BCUT2D eigenvalue weighted by molar-refractivity contribution is 7.92. The van der Waals surface area contributed by atoms with Crippen molar-refractivity contribution >= 4 is 38.2 Å². The predicted octanol–water partition coefficient (Wildman–Crippen LogP) is 3.97. The molecule has 0 spiro atoms. The Kier molecular flexibility index (Phi) is 4.89. The van der Waals surface area contributed by atoms with Gasteiger partial charge in [0.05, 0.1) is 27.4 Å². The lowest BCUT2D eigenvalue weighted by Crippen LogP contribution is -2.13. The SMILES string of the molecule is O=c1[nH]n(Cc2ccccc2)c2ccc(NS(=O)(=O)c3ccc(F)c(Cl)c3)cc12. The zero-order valence-electron chi connectivity index (χ0n) is 14.9. The fourth-order valence-corrected chi connectivity index (χ4v) is 4.33. The van der Waals surface area contributed by atoms with Crippen molar-refractivity contribution in [2.24, 2.45) is 0 Å². The van der Waals surface area contributed by atoms with Crippen molar-refractivity contribution in [2.75, 3.05) is 4.72 Å². The normalized spacial score (nSPS) is 11.7. The topological polar surface area (TPSA) is 84.0 Å². The average Bonchev–Trinajstić information content (AvgIpc) is 2.99. The summed E-state index contributed by atoms with van der Waals surface area (Å²) in [4.78, 5) is 12.2. The molecular formula is C20H15ClFN3O3S. The van der Waals surface area contributed by atoms with Gasteiger partial charge >= 0.3 is 0 Å². The van der Waals surface area contributed by atoms with Crippen molar-refractivity contribution in [3.05, 3.63) is 93.5 Å². The lowest BCUT2D eigenvalue weighted by atomic mass is 10.2. The van der Waals surface area contributed by atoms with E-state index < -0.39 is 15.8 Å². The molecule has 0 saturated heterocycles. The molecule has 0 aliphatic rings. The van der Waals surface area contributed by atoms with Crippen LogP contribution in [-0.2, 0) is 16.6 Å². The largest absolute Gasteiger partial charge is 0.280 e. The number of nitrogens with zero attached hydrogens (tertiary/aromatic N) is 1. The highest BCUT2D eigenvalue weighted by Gasteiger charge is 2.17. The molecule has 1 aromatic heterocycles. The molecule has 9 heteroatoms. The van der Waals surface area contributed by atoms with E-state index in [1.807, 2.05) is 30.3 Å². The molecule has 0 radical (unpaired) electrons. The number of sulfonamides is 1. The number of anilines is 1. The summed E-state index contributed by atoms with van der Waals surface area (Å²) in [6.45, 7) is 0.471. The molecular weight excluding hydrogens is 417 g/mol. The number of fused-ring (bicyclic) bond motifs is 1. The average molecular weight is 432 g/mol. The Balaban J connectivity index is 1.66. The van der Waals surface area contributed by atoms with Crippen molar-refractivity contribution in [1.82, 2.24) is 9.78 Å². The zero-order valence-corrected chi connectivity index (χ0v) is 16.5. The lowest BCUT2D eigenvalue weighted by molar-refractivity contribution is 0.599. The molecule has 4 rings (SSSR count). The van der Waals surface area contributed by atoms with E-state index >= 15 is 0 Å². The molecule has 6 nitrogen and oxygen atoms in total. The van der Waals surface area contributed by atoms with Gasteiger partial charge in [-0.15, -0.1) is 0 Å². The van der Waals surface area contributed by atoms with Crippen molar-refractivity contribution in [2.45, 2.75) is 11.4 Å². The number of H-pyrrole nitrogens is 1. The number of hydrogen-bond acceptors (Lipinski definition) is 3. The van der Waals surface area contributed by atoms with Crippen LogP contribution in [0.3, 0.4) is 0 Å². The Bertz CT molecular complexity index is 1370. The van der Waals surface area contributed by atoms with Crippen LogP contribution in [0.1, 0.15) is 5.56 Å². The van der Waals surface area contributed by atoms with E-state index in [1.165, 1.54) is 6.07 Å². The van der Waals surface area contributed by atoms with E-state index in [0.717, 1.165) is 23.8 Å². The maximum Gasteiger partial charge on any atom is 0.272 e. The molecule has 0 atom stereocenters. The van der Waals surface area contributed by atoms with E-state index in [9.17, 15) is 17.6 Å². The van der Waals surface area contributed by atoms with E-state index in [0.29, 0.717) is 17.4 Å². The summed E-state index contributed by atoms with van der Waals surface area (Å²) >= 11 is 5.68. The first-order valence-corrected chi connectivity index (χ1v) is 10.4. The molecule has 29 heavy (non-hydrogen) atoms. The van der Waals surface area contributed by atoms with Crippen molar-refractivity contribution < 1.29 is 12.8 Å². The van der Waals surface area contributed by atoms with E-state index in [4.69, 9.17) is 11.6 Å². The second kappa shape index (κ2) is 7.38. The maximum absolute atomic E-state index is 13.3. The molecule has 0 fully saturated rings. The second-order valence-corrected chi connectivity index (χ2v) is 8.52. The number of benzene rings is 3. The van der Waals surface area contributed by atoms with Gasteiger partial charge in [0, 0.05) is 5.69 Å². The molecule has 0 amide bonds. The van der Waals surface area contributed by atoms with Gasteiger partial charge in [-0.05, 0) is 42.0 Å². The zero-order chi connectivity index (χ0) is 20.6. The van der Waals surface area contributed by atoms with Crippen molar-refractivity contribution in [1.29, 1.82) is 0 Å². The summed E-state index contributed by atoms with van der Waals surface area (Å²) in [5.41, 5.74) is 1.54. The number of rotatable bonds is 5.